The van der Waals surface area contributed by atoms with Crippen LogP contribution in [0.3, 0.4) is 0 Å². The summed E-state index contributed by atoms with van der Waals surface area (Å²) in [5, 5.41) is 2.79. The van der Waals surface area contributed by atoms with Crippen molar-refractivity contribution in [2.45, 2.75) is 23.8 Å². The molecule has 0 radical (unpaired) electrons. The zero-order valence-corrected chi connectivity index (χ0v) is 16.0. The minimum Gasteiger partial charge on any atom is -0.497 e. The summed E-state index contributed by atoms with van der Waals surface area (Å²) in [6.45, 7) is 0.315. The molecule has 1 saturated heterocycles. The van der Waals surface area contributed by atoms with E-state index in [2.05, 4.69) is 5.32 Å². The normalized spacial score (nSPS) is 17.5. The number of anilines is 1. The highest BCUT2D eigenvalue weighted by Crippen LogP contribution is 2.28. The quantitative estimate of drug-likeness (QED) is 0.819. The van der Waals surface area contributed by atoms with E-state index >= 15 is 0 Å². The summed E-state index contributed by atoms with van der Waals surface area (Å²) in [5.41, 5.74) is 0.592. The van der Waals surface area contributed by atoms with Crippen molar-refractivity contribution in [3.63, 3.8) is 0 Å². The molecule has 0 aliphatic carbocycles. The van der Waals surface area contributed by atoms with Crippen LogP contribution in [0.25, 0.3) is 0 Å². The van der Waals surface area contributed by atoms with Crippen LogP contribution in [0.4, 0.5) is 5.69 Å². The van der Waals surface area contributed by atoms with Gasteiger partial charge >= 0.3 is 0 Å². The van der Waals surface area contributed by atoms with Gasteiger partial charge in [0.25, 0.3) is 0 Å². The number of carbonyl (C=O) groups is 1. The third kappa shape index (κ3) is 4.06. The molecule has 2 aromatic carbocycles. The zero-order chi connectivity index (χ0) is 19.4. The maximum atomic E-state index is 13.0. The van der Waals surface area contributed by atoms with Crippen molar-refractivity contribution < 1.29 is 22.7 Å². The molecule has 0 aromatic heterocycles. The third-order valence-electron chi connectivity index (χ3n) is 4.53. The maximum Gasteiger partial charge on any atom is 0.243 e. The molecule has 8 heteroatoms. The summed E-state index contributed by atoms with van der Waals surface area (Å²) >= 11 is 0. The molecule has 144 valence electrons. The number of nitrogens with one attached hydrogen (secondary N) is 1. The molecule has 0 bridgehead atoms. The van der Waals surface area contributed by atoms with E-state index in [0.717, 1.165) is 0 Å². The number of carbonyl (C=O) groups excluding carboxylic acids is 1. The highest BCUT2D eigenvalue weighted by atomic mass is 32.2. The fraction of sp³-hybridized carbons (Fsp3) is 0.316. The average Bonchev–Trinajstić information content (AvgIpc) is 3.19. The Morgan fingerprint density at radius 1 is 1.00 bits per heavy atom. The Morgan fingerprint density at radius 2 is 1.56 bits per heavy atom. The molecule has 1 amide bonds. The standard InChI is InChI=1S/C19H22N2O5S/c1-25-15-7-5-14(6-8-15)20-19(22)18-4-3-13-21(18)27(23,24)17-11-9-16(26-2)10-12-17/h5-12,18H,3-4,13H2,1-2H3,(H,20,22). The Balaban J connectivity index is 1.77. The van der Waals surface area contributed by atoms with E-state index in [1.165, 1.54) is 23.5 Å². The molecule has 3 rings (SSSR count). The van der Waals surface area contributed by atoms with Crippen LogP contribution >= 0.6 is 0 Å². The summed E-state index contributed by atoms with van der Waals surface area (Å²) in [4.78, 5) is 12.8. The van der Waals surface area contributed by atoms with E-state index in [9.17, 15) is 13.2 Å². The molecule has 7 nitrogen and oxygen atoms in total. The Hall–Kier alpha value is -2.58. The lowest BCUT2D eigenvalue weighted by molar-refractivity contribution is -0.119. The Kier molecular flexibility index (Phi) is 5.67. The number of rotatable bonds is 6. The van der Waals surface area contributed by atoms with Gasteiger partial charge < -0.3 is 14.8 Å². The topological polar surface area (TPSA) is 84.9 Å². The number of amides is 1. The van der Waals surface area contributed by atoms with Crippen LogP contribution in [-0.4, -0.2) is 45.4 Å². The molecule has 2 aromatic rings. The molecule has 0 spiro atoms. The van der Waals surface area contributed by atoms with E-state index in [1.807, 2.05) is 0 Å². The number of sulfonamides is 1. The predicted molar refractivity (Wildman–Crippen MR) is 102 cm³/mol. The first-order chi connectivity index (χ1) is 13.0. The summed E-state index contributed by atoms with van der Waals surface area (Å²) in [6.07, 6.45) is 1.12. The van der Waals surface area contributed by atoms with Gasteiger partial charge in [-0.25, -0.2) is 8.42 Å². The Labute approximate surface area is 158 Å². The van der Waals surface area contributed by atoms with Gasteiger partial charge in [0, 0.05) is 12.2 Å². The highest BCUT2D eigenvalue weighted by molar-refractivity contribution is 7.89. The number of hydrogen-bond donors (Lipinski definition) is 1. The van der Waals surface area contributed by atoms with Crippen LogP contribution in [0, 0.1) is 0 Å². The van der Waals surface area contributed by atoms with E-state index in [1.54, 1.807) is 43.5 Å². The molecule has 27 heavy (non-hydrogen) atoms. The molecular weight excluding hydrogens is 368 g/mol. The molecule has 1 heterocycles. The number of methoxy groups -OCH3 is 2. The van der Waals surface area contributed by atoms with E-state index in [-0.39, 0.29) is 10.8 Å². The fourth-order valence-electron chi connectivity index (χ4n) is 3.07. The van der Waals surface area contributed by atoms with Crippen LogP contribution in [0.2, 0.25) is 0 Å². The fourth-order valence-corrected chi connectivity index (χ4v) is 4.73. The van der Waals surface area contributed by atoms with Crippen molar-refractivity contribution in [2.24, 2.45) is 0 Å². The lowest BCUT2D eigenvalue weighted by atomic mass is 10.2. The average molecular weight is 390 g/mol. The first-order valence-electron chi connectivity index (χ1n) is 8.56. The van der Waals surface area contributed by atoms with Gasteiger partial charge in [0.05, 0.1) is 19.1 Å². The number of hydrogen-bond acceptors (Lipinski definition) is 5. The van der Waals surface area contributed by atoms with Crippen molar-refractivity contribution in [1.29, 1.82) is 0 Å². The molecule has 1 unspecified atom stereocenters. The van der Waals surface area contributed by atoms with Crippen molar-refractivity contribution in [2.75, 3.05) is 26.1 Å². The monoisotopic (exact) mass is 390 g/mol. The van der Waals surface area contributed by atoms with Gasteiger partial charge in [-0.05, 0) is 61.4 Å². The Bertz CT molecular complexity index is 895. The van der Waals surface area contributed by atoms with Crippen LogP contribution in [0.5, 0.6) is 11.5 Å². The van der Waals surface area contributed by atoms with Gasteiger partial charge in [-0.3, -0.25) is 4.79 Å². The second kappa shape index (κ2) is 7.98. The molecule has 1 aliphatic heterocycles. The van der Waals surface area contributed by atoms with Crippen molar-refractivity contribution in [1.82, 2.24) is 4.31 Å². The van der Waals surface area contributed by atoms with Gasteiger partial charge in [-0.2, -0.15) is 4.31 Å². The minimum absolute atomic E-state index is 0.146. The van der Waals surface area contributed by atoms with Gasteiger partial charge in [-0.1, -0.05) is 0 Å². The second-order valence-corrected chi connectivity index (χ2v) is 8.06. The number of nitrogens with zero attached hydrogens (tertiary/aromatic N) is 1. The number of benzene rings is 2. The predicted octanol–water partition coefficient (Wildman–Crippen LogP) is 2.50. The minimum atomic E-state index is -3.76. The molecule has 1 fully saturated rings. The van der Waals surface area contributed by atoms with Gasteiger partial charge in [-0.15, -0.1) is 0 Å². The molecule has 1 aliphatic rings. The van der Waals surface area contributed by atoms with E-state index in [4.69, 9.17) is 9.47 Å². The van der Waals surface area contributed by atoms with Crippen molar-refractivity contribution >= 4 is 21.6 Å². The number of ether oxygens (including phenoxy) is 2. The lowest BCUT2D eigenvalue weighted by Gasteiger charge is -2.23. The molecular formula is C19H22N2O5S. The third-order valence-corrected chi connectivity index (χ3v) is 6.45. The van der Waals surface area contributed by atoms with E-state index < -0.39 is 16.1 Å². The van der Waals surface area contributed by atoms with Crippen molar-refractivity contribution in [3.8, 4) is 11.5 Å². The zero-order valence-electron chi connectivity index (χ0n) is 15.2. The summed E-state index contributed by atoms with van der Waals surface area (Å²) < 4.78 is 37.4. The summed E-state index contributed by atoms with van der Waals surface area (Å²) in [5.74, 6) is 0.913. The SMILES string of the molecule is COc1ccc(NC(=O)C2CCCN2S(=O)(=O)c2ccc(OC)cc2)cc1. The summed E-state index contributed by atoms with van der Waals surface area (Å²) in [7, 11) is -0.683. The first kappa shape index (κ1) is 19.2. The summed E-state index contributed by atoms with van der Waals surface area (Å²) in [6, 6.07) is 12.3. The highest BCUT2D eigenvalue weighted by Gasteiger charge is 2.39. The lowest BCUT2D eigenvalue weighted by Crippen LogP contribution is -2.43. The second-order valence-electron chi connectivity index (χ2n) is 6.17. The van der Waals surface area contributed by atoms with Crippen LogP contribution in [0.1, 0.15) is 12.8 Å². The van der Waals surface area contributed by atoms with Crippen molar-refractivity contribution in [3.05, 3.63) is 48.5 Å². The molecule has 0 saturated carbocycles. The Morgan fingerprint density at radius 3 is 2.11 bits per heavy atom. The molecule has 1 N–H and O–H groups in total. The van der Waals surface area contributed by atoms with Crippen LogP contribution < -0.4 is 14.8 Å². The van der Waals surface area contributed by atoms with Gasteiger partial charge in [0.15, 0.2) is 0 Å². The largest absolute Gasteiger partial charge is 0.497 e. The smallest absolute Gasteiger partial charge is 0.243 e. The first-order valence-corrected chi connectivity index (χ1v) is 10.0. The van der Waals surface area contributed by atoms with E-state index in [0.29, 0.717) is 36.6 Å². The van der Waals surface area contributed by atoms with Crippen LogP contribution in [-0.2, 0) is 14.8 Å². The van der Waals surface area contributed by atoms with Gasteiger partial charge in [0.2, 0.25) is 15.9 Å². The van der Waals surface area contributed by atoms with Gasteiger partial charge in [0.1, 0.15) is 17.5 Å². The van der Waals surface area contributed by atoms with Crippen LogP contribution in [0.15, 0.2) is 53.4 Å². The maximum absolute atomic E-state index is 13.0. The molecule has 1 atom stereocenters.